The Morgan fingerprint density at radius 2 is 1.70 bits per heavy atom. The largest absolute Gasteiger partial charge is 0.378 e. The van der Waals surface area contributed by atoms with Gasteiger partial charge in [-0.25, -0.2) is 8.78 Å². The normalized spacial score (nSPS) is 12.3. The molecule has 0 bridgehead atoms. The molecule has 4 heteroatoms. The molecule has 0 aliphatic rings. The molecule has 0 aliphatic heterocycles. The third kappa shape index (κ3) is 3.18. The average molecular weight is 340 g/mol. The number of halogens is 3. The smallest absolute Gasteiger partial charge is 0.128 e. The van der Waals surface area contributed by atoms with Crippen LogP contribution in [0.5, 0.6) is 0 Å². The highest BCUT2D eigenvalue weighted by Gasteiger charge is 2.14. The minimum Gasteiger partial charge on any atom is -0.378 e. The van der Waals surface area contributed by atoms with E-state index in [1.807, 2.05) is 32.0 Å². The summed E-state index contributed by atoms with van der Waals surface area (Å²) in [6.07, 6.45) is 0. The Kier molecular flexibility index (Phi) is 4.43. The summed E-state index contributed by atoms with van der Waals surface area (Å²) < 4.78 is 28.5. The van der Waals surface area contributed by atoms with Crippen molar-refractivity contribution in [3.05, 3.63) is 63.1 Å². The number of hydrogen-bond acceptors (Lipinski definition) is 1. The maximum absolute atomic E-state index is 13.9. The summed E-state index contributed by atoms with van der Waals surface area (Å²) in [5, 5.41) is 3.21. The van der Waals surface area contributed by atoms with Crippen LogP contribution in [0.3, 0.4) is 0 Å². The maximum Gasteiger partial charge on any atom is 0.128 e. The molecule has 1 nitrogen and oxygen atoms in total. The quantitative estimate of drug-likeness (QED) is 0.776. The second-order valence-electron chi connectivity index (χ2n) is 4.95. The molecule has 20 heavy (non-hydrogen) atoms. The van der Waals surface area contributed by atoms with Crippen LogP contribution in [0.2, 0.25) is 0 Å². The Labute approximate surface area is 126 Å². The van der Waals surface area contributed by atoms with Crippen LogP contribution >= 0.6 is 15.9 Å². The third-order valence-electron chi connectivity index (χ3n) is 3.30. The first-order chi connectivity index (χ1) is 9.38. The Morgan fingerprint density at radius 3 is 2.35 bits per heavy atom. The molecule has 2 aromatic carbocycles. The molecule has 0 saturated carbocycles. The standard InChI is InChI=1S/C16H16BrF2N/c1-9-7-15(19)13(8-14(9)18)11(3)20-16-5-4-12(17)6-10(16)2/h4-8,11,20H,1-3H3. The van der Waals surface area contributed by atoms with Crippen LogP contribution in [-0.2, 0) is 0 Å². The van der Waals surface area contributed by atoms with Crippen LogP contribution in [0.4, 0.5) is 14.5 Å². The lowest BCUT2D eigenvalue weighted by atomic mass is 10.0. The second kappa shape index (κ2) is 5.92. The Hall–Kier alpha value is -1.42. The lowest BCUT2D eigenvalue weighted by Crippen LogP contribution is -2.10. The Bertz CT molecular complexity index is 641. The summed E-state index contributed by atoms with van der Waals surface area (Å²) in [4.78, 5) is 0. The lowest BCUT2D eigenvalue weighted by molar-refractivity contribution is 0.571. The van der Waals surface area contributed by atoms with Gasteiger partial charge in [0.25, 0.3) is 0 Å². The van der Waals surface area contributed by atoms with E-state index in [0.29, 0.717) is 11.1 Å². The third-order valence-corrected chi connectivity index (χ3v) is 3.80. The molecule has 0 heterocycles. The molecule has 1 unspecified atom stereocenters. The molecule has 0 aromatic heterocycles. The summed E-state index contributed by atoms with van der Waals surface area (Å²) >= 11 is 3.40. The van der Waals surface area contributed by atoms with E-state index < -0.39 is 5.82 Å². The average Bonchev–Trinajstić information content (AvgIpc) is 2.37. The molecule has 1 atom stereocenters. The summed E-state index contributed by atoms with van der Waals surface area (Å²) in [6.45, 7) is 5.33. The second-order valence-corrected chi connectivity index (χ2v) is 5.86. The zero-order chi connectivity index (χ0) is 14.9. The fraction of sp³-hybridized carbons (Fsp3) is 0.250. The van der Waals surface area contributed by atoms with E-state index in [0.717, 1.165) is 15.7 Å². The van der Waals surface area contributed by atoms with Crippen molar-refractivity contribution in [2.45, 2.75) is 26.8 Å². The minimum absolute atomic E-state index is 0.315. The van der Waals surface area contributed by atoms with Crippen molar-refractivity contribution in [2.75, 3.05) is 5.32 Å². The summed E-state index contributed by atoms with van der Waals surface area (Å²) in [5.41, 5.74) is 2.59. The van der Waals surface area contributed by atoms with E-state index in [1.54, 1.807) is 6.92 Å². The number of rotatable bonds is 3. The summed E-state index contributed by atoms with van der Waals surface area (Å²) in [5.74, 6) is -0.777. The molecule has 1 N–H and O–H groups in total. The van der Waals surface area contributed by atoms with Crippen molar-refractivity contribution in [2.24, 2.45) is 0 Å². The molecule has 0 saturated heterocycles. The van der Waals surface area contributed by atoms with Crippen LogP contribution in [0.1, 0.15) is 29.7 Å². The zero-order valence-corrected chi connectivity index (χ0v) is 13.2. The van der Waals surface area contributed by atoms with Crippen molar-refractivity contribution < 1.29 is 8.78 Å². The summed E-state index contributed by atoms with van der Waals surface area (Å²) in [6, 6.07) is 7.98. The predicted octanol–water partition coefficient (Wildman–Crippen LogP) is 5.52. The highest BCUT2D eigenvalue weighted by atomic mass is 79.9. The molecule has 0 radical (unpaired) electrons. The number of anilines is 1. The SMILES string of the molecule is Cc1cc(F)c(C(C)Nc2ccc(Br)cc2C)cc1F. The van der Waals surface area contributed by atoms with Crippen molar-refractivity contribution in [3.8, 4) is 0 Å². The molecule has 2 aromatic rings. The number of aryl methyl sites for hydroxylation is 2. The van der Waals surface area contributed by atoms with Crippen LogP contribution < -0.4 is 5.32 Å². The van der Waals surface area contributed by atoms with Gasteiger partial charge >= 0.3 is 0 Å². The Balaban J connectivity index is 2.28. The number of nitrogens with one attached hydrogen (secondary N) is 1. The fourth-order valence-corrected chi connectivity index (χ4v) is 2.57. The molecule has 0 amide bonds. The van der Waals surface area contributed by atoms with Gasteiger partial charge in [-0.2, -0.15) is 0 Å². The highest BCUT2D eigenvalue weighted by molar-refractivity contribution is 9.10. The van der Waals surface area contributed by atoms with E-state index in [4.69, 9.17) is 0 Å². The maximum atomic E-state index is 13.9. The molecular weight excluding hydrogens is 324 g/mol. The molecular formula is C16H16BrF2N. The van der Waals surface area contributed by atoms with Gasteiger partial charge in [0.05, 0.1) is 6.04 Å². The van der Waals surface area contributed by atoms with E-state index >= 15 is 0 Å². The number of benzene rings is 2. The molecule has 106 valence electrons. The van der Waals surface area contributed by atoms with Gasteiger partial charge in [-0.05, 0) is 62.2 Å². The van der Waals surface area contributed by atoms with Gasteiger partial charge in [-0.3, -0.25) is 0 Å². The first-order valence-electron chi connectivity index (χ1n) is 6.36. The van der Waals surface area contributed by atoms with Gasteiger partial charge in [0.2, 0.25) is 0 Å². The van der Waals surface area contributed by atoms with Crippen LogP contribution in [0.25, 0.3) is 0 Å². The molecule has 0 spiro atoms. The van der Waals surface area contributed by atoms with E-state index in [-0.39, 0.29) is 11.9 Å². The molecule has 2 rings (SSSR count). The minimum atomic E-state index is -0.390. The van der Waals surface area contributed by atoms with Gasteiger partial charge in [-0.1, -0.05) is 15.9 Å². The van der Waals surface area contributed by atoms with Gasteiger partial charge in [0.15, 0.2) is 0 Å². The zero-order valence-electron chi connectivity index (χ0n) is 11.6. The van der Waals surface area contributed by atoms with Gasteiger partial charge in [0.1, 0.15) is 11.6 Å². The van der Waals surface area contributed by atoms with Crippen LogP contribution in [-0.4, -0.2) is 0 Å². The van der Waals surface area contributed by atoms with Gasteiger partial charge < -0.3 is 5.32 Å². The Morgan fingerprint density at radius 1 is 1.00 bits per heavy atom. The lowest BCUT2D eigenvalue weighted by Gasteiger charge is -2.18. The van der Waals surface area contributed by atoms with E-state index in [9.17, 15) is 8.78 Å². The monoisotopic (exact) mass is 339 g/mol. The van der Waals surface area contributed by atoms with E-state index in [2.05, 4.69) is 21.2 Å². The summed E-state index contributed by atoms with van der Waals surface area (Å²) in [7, 11) is 0. The van der Waals surface area contributed by atoms with Crippen molar-refractivity contribution in [1.29, 1.82) is 0 Å². The highest BCUT2D eigenvalue weighted by Crippen LogP contribution is 2.27. The number of hydrogen-bond donors (Lipinski definition) is 1. The van der Waals surface area contributed by atoms with Gasteiger partial charge in [-0.15, -0.1) is 0 Å². The molecule has 0 aliphatic carbocycles. The fourth-order valence-electron chi connectivity index (χ4n) is 2.09. The van der Waals surface area contributed by atoms with Crippen molar-refractivity contribution in [1.82, 2.24) is 0 Å². The van der Waals surface area contributed by atoms with Crippen molar-refractivity contribution in [3.63, 3.8) is 0 Å². The first-order valence-corrected chi connectivity index (χ1v) is 7.16. The van der Waals surface area contributed by atoms with Crippen LogP contribution in [0.15, 0.2) is 34.8 Å². The molecule has 0 fully saturated rings. The van der Waals surface area contributed by atoms with Gasteiger partial charge in [0, 0.05) is 15.7 Å². The van der Waals surface area contributed by atoms with Crippen molar-refractivity contribution >= 4 is 21.6 Å². The van der Waals surface area contributed by atoms with E-state index in [1.165, 1.54) is 12.1 Å². The predicted molar refractivity (Wildman–Crippen MR) is 82.0 cm³/mol. The van der Waals surface area contributed by atoms with Crippen LogP contribution in [0, 0.1) is 25.5 Å². The topological polar surface area (TPSA) is 12.0 Å². The first kappa shape index (κ1) is 15.0.